The Morgan fingerprint density at radius 2 is 1.67 bits per heavy atom. The van der Waals surface area contributed by atoms with E-state index in [0.29, 0.717) is 10.6 Å². The van der Waals surface area contributed by atoms with Crippen LogP contribution in [0.15, 0.2) is 96.2 Å². The van der Waals surface area contributed by atoms with Gasteiger partial charge in [0.15, 0.2) is 5.78 Å². The van der Waals surface area contributed by atoms with Crippen LogP contribution >= 0.6 is 11.6 Å². The van der Waals surface area contributed by atoms with Gasteiger partial charge in [0.25, 0.3) is 10.0 Å². The van der Waals surface area contributed by atoms with Crippen molar-refractivity contribution >= 4 is 33.1 Å². The minimum atomic E-state index is -3.92. The minimum Gasteiger partial charge on any atom is -0.289 e. The van der Waals surface area contributed by atoms with Gasteiger partial charge in [0.05, 0.1) is 16.3 Å². The lowest BCUT2D eigenvalue weighted by atomic mass is 10.0. The molecule has 0 fully saturated rings. The minimum absolute atomic E-state index is 0.0615. The highest BCUT2D eigenvalue weighted by atomic mass is 35.5. The van der Waals surface area contributed by atoms with E-state index in [-0.39, 0.29) is 21.9 Å². The van der Waals surface area contributed by atoms with Crippen LogP contribution in [0.25, 0.3) is 5.69 Å². The summed E-state index contributed by atoms with van der Waals surface area (Å²) >= 11 is 6.07. The Morgan fingerprint density at radius 1 is 0.933 bits per heavy atom. The molecule has 0 aliphatic heterocycles. The van der Waals surface area contributed by atoms with E-state index in [9.17, 15) is 13.2 Å². The molecule has 6 nitrogen and oxygen atoms in total. The van der Waals surface area contributed by atoms with Crippen LogP contribution in [0, 0.1) is 0 Å². The second-order valence-electron chi connectivity index (χ2n) is 6.44. The number of anilines is 1. The summed E-state index contributed by atoms with van der Waals surface area (Å²) in [6.45, 7) is 0. The molecule has 30 heavy (non-hydrogen) atoms. The SMILES string of the molecule is O=C(c1ccccc1)c1cc(Cl)ccc1NS(=O)(=O)c1ccc(-n2cccn2)cc1. The second kappa shape index (κ2) is 8.14. The number of ketones is 1. The highest BCUT2D eigenvalue weighted by molar-refractivity contribution is 7.92. The van der Waals surface area contributed by atoms with Crippen molar-refractivity contribution in [2.45, 2.75) is 4.90 Å². The molecule has 0 amide bonds. The van der Waals surface area contributed by atoms with Crippen molar-refractivity contribution in [3.8, 4) is 5.69 Å². The summed E-state index contributed by atoms with van der Waals surface area (Å²) in [7, 11) is -3.92. The van der Waals surface area contributed by atoms with E-state index in [1.54, 1.807) is 65.6 Å². The first-order valence-corrected chi connectivity index (χ1v) is 10.8. The average molecular weight is 438 g/mol. The van der Waals surface area contributed by atoms with Gasteiger partial charge in [-0.1, -0.05) is 41.9 Å². The van der Waals surface area contributed by atoms with Crippen molar-refractivity contribution < 1.29 is 13.2 Å². The Bertz CT molecular complexity index is 1290. The van der Waals surface area contributed by atoms with Crippen LogP contribution in [0.3, 0.4) is 0 Å². The van der Waals surface area contributed by atoms with Crippen molar-refractivity contribution in [3.05, 3.63) is 107 Å². The van der Waals surface area contributed by atoms with Crippen LogP contribution in [0.1, 0.15) is 15.9 Å². The molecule has 0 aliphatic carbocycles. The lowest BCUT2D eigenvalue weighted by Gasteiger charge is -2.13. The Balaban J connectivity index is 1.66. The highest BCUT2D eigenvalue weighted by Gasteiger charge is 2.20. The number of nitrogens with zero attached hydrogens (tertiary/aromatic N) is 2. The van der Waals surface area contributed by atoms with Gasteiger partial charge in [-0.3, -0.25) is 9.52 Å². The van der Waals surface area contributed by atoms with Crippen molar-refractivity contribution in [1.29, 1.82) is 0 Å². The predicted octanol–water partition coefficient (Wildman–Crippen LogP) is 4.56. The zero-order chi connectivity index (χ0) is 21.1. The third kappa shape index (κ3) is 4.12. The maximum Gasteiger partial charge on any atom is 0.261 e. The van der Waals surface area contributed by atoms with E-state index in [0.717, 1.165) is 5.69 Å². The third-order valence-electron chi connectivity index (χ3n) is 4.42. The molecule has 0 spiro atoms. The van der Waals surface area contributed by atoms with Crippen LogP contribution in [-0.4, -0.2) is 24.0 Å². The maximum absolute atomic E-state index is 12.9. The van der Waals surface area contributed by atoms with E-state index in [1.165, 1.54) is 30.3 Å². The summed E-state index contributed by atoms with van der Waals surface area (Å²) in [5, 5.41) is 4.45. The molecule has 1 heterocycles. The molecule has 0 radical (unpaired) electrons. The number of rotatable bonds is 6. The van der Waals surface area contributed by atoms with Gasteiger partial charge in [0, 0.05) is 28.5 Å². The normalized spacial score (nSPS) is 11.2. The number of halogens is 1. The molecular formula is C22H16ClN3O3S. The number of nitrogens with one attached hydrogen (secondary N) is 1. The van der Waals surface area contributed by atoms with Crippen molar-refractivity contribution in [1.82, 2.24) is 9.78 Å². The Labute approximate surface area is 178 Å². The van der Waals surface area contributed by atoms with E-state index in [2.05, 4.69) is 9.82 Å². The molecule has 8 heteroatoms. The monoisotopic (exact) mass is 437 g/mol. The second-order valence-corrected chi connectivity index (χ2v) is 8.55. The van der Waals surface area contributed by atoms with Gasteiger partial charge in [0.2, 0.25) is 0 Å². The molecule has 4 aromatic rings. The van der Waals surface area contributed by atoms with Gasteiger partial charge in [-0.15, -0.1) is 0 Å². The van der Waals surface area contributed by atoms with E-state index < -0.39 is 10.0 Å². The molecule has 0 saturated carbocycles. The number of hydrogen-bond acceptors (Lipinski definition) is 4. The van der Waals surface area contributed by atoms with Gasteiger partial charge in [-0.05, 0) is 48.5 Å². The van der Waals surface area contributed by atoms with Crippen molar-refractivity contribution in [3.63, 3.8) is 0 Å². The molecule has 3 aromatic carbocycles. The lowest BCUT2D eigenvalue weighted by Crippen LogP contribution is -2.16. The van der Waals surface area contributed by atoms with Crippen LogP contribution < -0.4 is 4.72 Å². The van der Waals surface area contributed by atoms with E-state index in [1.807, 2.05) is 0 Å². The Hall–Kier alpha value is -3.42. The first-order valence-electron chi connectivity index (χ1n) is 8.96. The maximum atomic E-state index is 12.9. The van der Waals surface area contributed by atoms with Gasteiger partial charge < -0.3 is 0 Å². The number of carbonyl (C=O) groups excluding carboxylic acids is 1. The van der Waals surface area contributed by atoms with Gasteiger partial charge in [-0.25, -0.2) is 13.1 Å². The predicted molar refractivity (Wildman–Crippen MR) is 116 cm³/mol. The van der Waals surface area contributed by atoms with E-state index >= 15 is 0 Å². The van der Waals surface area contributed by atoms with Crippen LogP contribution in [0.4, 0.5) is 5.69 Å². The average Bonchev–Trinajstić information content (AvgIpc) is 3.30. The largest absolute Gasteiger partial charge is 0.289 e. The fraction of sp³-hybridized carbons (Fsp3) is 0. The summed E-state index contributed by atoms with van der Waals surface area (Å²) < 4.78 is 30.0. The fourth-order valence-electron chi connectivity index (χ4n) is 2.94. The third-order valence-corrected chi connectivity index (χ3v) is 6.04. The van der Waals surface area contributed by atoms with Gasteiger partial charge in [-0.2, -0.15) is 5.10 Å². The molecule has 1 N–H and O–H groups in total. The zero-order valence-corrected chi connectivity index (χ0v) is 17.1. The molecule has 0 unspecified atom stereocenters. The highest BCUT2D eigenvalue weighted by Crippen LogP contribution is 2.26. The summed E-state index contributed by atoms with van der Waals surface area (Å²) in [5.74, 6) is -0.329. The molecular weight excluding hydrogens is 422 g/mol. The molecule has 4 rings (SSSR count). The number of sulfonamides is 1. The summed E-state index contributed by atoms with van der Waals surface area (Å²) in [6.07, 6.45) is 3.40. The standard InChI is InChI=1S/C22H16ClN3O3S/c23-17-7-12-21(20(15-17)22(27)16-5-2-1-3-6-16)25-30(28,29)19-10-8-18(9-11-19)26-14-4-13-24-26/h1-15,25H. The molecule has 0 aliphatic rings. The first kappa shape index (κ1) is 19.9. The lowest BCUT2D eigenvalue weighted by molar-refractivity contribution is 0.103. The molecule has 0 atom stereocenters. The number of benzene rings is 3. The molecule has 1 aromatic heterocycles. The van der Waals surface area contributed by atoms with Gasteiger partial charge >= 0.3 is 0 Å². The van der Waals surface area contributed by atoms with Crippen LogP contribution in [0.2, 0.25) is 5.02 Å². The summed E-state index contributed by atoms with van der Waals surface area (Å²) in [4.78, 5) is 13.0. The summed E-state index contributed by atoms with van der Waals surface area (Å²) in [6, 6.07) is 21.1. The number of hydrogen-bond donors (Lipinski definition) is 1. The molecule has 0 saturated heterocycles. The number of carbonyl (C=O) groups is 1. The quantitative estimate of drug-likeness (QED) is 0.448. The topological polar surface area (TPSA) is 81.1 Å². The Kier molecular flexibility index (Phi) is 5.39. The molecule has 150 valence electrons. The first-order chi connectivity index (χ1) is 14.4. The van der Waals surface area contributed by atoms with E-state index in [4.69, 9.17) is 11.6 Å². The molecule has 0 bridgehead atoms. The number of aromatic nitrogens is 2. The Morgan fingerprint density at radius 3 is 2.33 bits per heavy atom. The van der Waals surface area contributed by atoms with Crippen molar-refractivity contribution in [2.75, 3.05) is 4.72 Å². The fourth-order valence-corrected chi connectivity index (χ4v) is 4.19. The van der Waals surface area contributed by atoms with Gasteiger partial charge in [0.1, 0.15) is 0 Å². The smallest absolute Gasteiger partial charge is 0.261 e. The van der Waals surface area contributed by atoms with Crippen LogP contribution in [-0.2, 0) is 10.0 Å². The zero-order valence-electron chi connectivity index (χ0n) is 15.6. The summed E-state index contributed by atoms with van der Waals surface area (Å²) in [5.41, 5.74) is 1.49. The van der Waals surface area contributed by atoms with Crippen molar-refractivity contribution in [2.24, 2.45) is 0 Å². The van der Waals surface area contributed by atoms with Crippen LogP contribution in [0.5, 0.6) is 0 Å².